The Morgan fingerprint density at radius 3 is 2.64 bits per heavy atom. The van der Waals surface area contributed by atoms with Crippen molar-refractivity contribution in [1.82, 2.24) is 20.2 Å². The van der Waals surface area contributed by atoms with Gasteiger partial charge < -0.3 is 19.9 Å². The number of hydrogen-bond acceptors (Lipinski definition) is 7. The maximum Gasteiger partial charge on any atom is 0.319 e. The van der Waals surface area contributed by atoms with Crippen molar-refractivity contribution in [1.29, 1.82) is 5.26 Å². The minimum atomic E-state index is -0.421. The van der Waals surface area contributed by atoms with E-state index in [1.165, 1.54) is 12.8 Å². The number of halogens is 2. The van der Waals surface area contributed by atoms with E-state index in [2.05, 4.69) is 26.2 Å². The molecule has 0 bridgehead atoms. The molecule has 0 radical (unpaired) electrons. The number of likely N-dealkylation sites (tertiary alicyclic amines) is 1. The Bertz CT molecular complexity index is 1670. The summed E-state index contributed by atoms with van der Waals surface area (Å²) >= 11 is 6.62. The molecule has 1 aliphatic carbocycles. The fourth-order valence-electron chi connectivity index (χ4n) is 6.58. The second-order valence-electron chi connectivity index (χ2n) is 12.0. The number of nitrogens with zero attached hydrogens (tertiary/aromatic N) is 5. The molecule has 7 rings (SSSR count). The Morgan fingerprint density at radius 2 is 1.86 bits per heavy atom. The topological polar surface area (TPSA) is 77.3 Å². The van der Waals surface area contributed by atoms with Crippen LogP contribution < -0.4 is 15.0 Å². The summed E-state index contributed by atoms with van der Waals surface area (Å²) in [5, 5.41) is 15.7. The number of piperazine rings is 1. The van der Waals surface area contributed by atoms with Gasteiger partial charge in [-0.05, 0) is 61.9 Å². The van der Waals surface area contributed by atoms with Crippen molar-refractivity contribution in [2.24, 2.45) is 5.41 Å². The molecular weight excluding hydrogens is 551 g/mol. The average molecular weight is 585 g/mol. The van der Waals surface area contributed by atoms with Crippen LogP contribution in [-0.4, -0.2) is 66.8 Å². The van der Waals surface area contributed by atoms with Crippen molar-refractivity contribution in [2.75, 3.05) is 50.8 Å². The SMILES string of the molecule is N#CCC1CN(c2nc(OCC3(CN4CCCC4)CC3)nc3c(F)c(-c4cccc5cccc(Cl)c45)ccc23)CCN1. The van der Waals surface area contributed by atoms with Crippen molar-refractivity contribution < 1.29 is 9.13 Å². The molecule has 4 aromatic rings. The van der Waals surface area contributed by atoms with E-state index in [9.17, 15) is 5.26 Å². The number of nitrogens with one attached hydrogen (secondary N) is 1. The van der Waals surface area contributed by atoms with E-state index in [1.807, 2.05) is 42.5 Å². The second kappa shape index (κ2) is 11.3. The summed E-state index contributed by atoms with van der Waals surface area (Å²) in [6.45, 7) is 5.85. The Morgan fingerprint density at radius 1 is 1.05 bits per heavy atom. The molecule has 2 saturated heterocycles. The number of ether oxygens (including phenoxy) is 1. The molecule has 2 aliphatic heterocycles. The lowest BCUT2D eigenvalue weighted by atomic mass is 9.96. The van der Waals surface area contributed by atoms with Crippen LogP contribution in [0.4, 0.5) is 10.2 Å². The quantitative estimate of drug-likeness (QED) is 0.265. The van der Waals surface area contributed by atoms with Gasteiger partial charge in [-0.15, -0.1) is 0 Å². The highest BCUT2D eigenvalue weighted by Gasteiger charge is 2.45. The molecule has 0 amide bonds. The van der Waals surface area contributed by atoms with Gasteiger partial charge in [0, 0.05) is 59.0 Å². The molecule has 9 heteroatoms. The van der Waals surface area contributed by atoms with E-state index in [-0.39, 0.29) is 23.0 Å². The summed E-state index contributed by atoms with van der Waals surface area (Å²) in [7, 11) is 0. The predicted molar refractivity (Wildman–Crippen MR) is 165 cm³/mol. The van der Waals surface area contributed by atoms with E-state index >= 15 is 4.39 Å². The summed E-state index contributed by atoms with van der Waals surface area (Å²) in [6.07, 6.45) is 5.16. The molecule has 3 heterocycles. The van der Waals surface area contributed by atoms with Crippen molar-refractivity contribution in [3.05, 3.63) is 59.4 Å². The molecule has 216 valence electrons. The first-order valence-electron chi connectivity index (χ1n) is 14.9. The molecule has 3 aliphatic rings. The van der Waals surface area contributed by atoms with Gasteiger partial charge >= 0.3 is 6.01 Å². The van der Waals surface area contributed by atoms with E-state index in [0.29, 0.717) is 54.5 Å². The van der Waals surface area contributed by atoms with Gasteiger partial charge in [-0.3, -0.25) is 0 Å². The number of fused-ring (bicyclic) bond motifs is 2. The van der Waals surface area contributed by atoms with Crippen molar-refractivity contribution >= 4 is 39.1 Å². The summed E-state index contributed by atoms with van der Waals surface area (Å²) in [5.74, 6) is 0.223. The maximum atomic E-state index is 16.6. The van der Waals surface area contributed by atoms with Crippen LogP contribution in [0.2, 0.25) is 5.02 Å². The van der Waals surface area contributed by atoms with Gasteiger partial charge in [0.15, 0.2) is 5.82 Å². The fraction of sp³-hybridized carbons (Fsp3) is 0.424. The molecule has 1 N–H and O–H groups in total. The van der Waals surface area contributed by atoms with Crippen LogP contribution in [0, 0.1) is 22.6 Å². The number of aromatic nitrogens is 2. The Kier molecular flexibility index (Phi) is 7.35. The molecule has 42 heavy (non-hydrogen) atoms. The van der Waals surface area contributed by atoms with Crippen LogP contribution >= 0.6 is 11.6 Å². The van der Waals surface area contributed by atoms with Crippen LogP contribution in [0.5, 0.6) is 6.01 Å². The molecule has 3 aromatic carbocycles. The molecule has 7 nitrogen and oxygen atoms in total. The average Bonchev–Trinajstić information content (AvgIpc) is 3.58. The number of rotatable bonds is 8. The molecule has 1 saturated carbocycles. The number of hydrogen-bond donors (Lipinski definition) is 1. The van der Waals surface area contributed by atoms with Crippen LogP contribution in [-0.2, 0) is 0 Å². The van der Waals surface area contributed by atoms with E-state index in [0.717, 1.165) is 48.8 Å². The Labute approximate surface area is 250 Å². The third kappa shape index (κ3) is 5.26. The highest BCUT2D eigenvalue weighted by molar-refractivity contribution is 6.36. The highest BCUT2D eigenvalue weighted by atomic mass is 35.5. The highest BCUT2D eigenvalue weighted by Crippen LogP contribution is 2.47. The Hall–Kier alpha value is -3.51. The van der Waals surface area contributed by atoms with Gasteiger partial charge in [-0.25, -0.2) is 4.39 Å². The van der Waals surface area contributed by atoms with Crippen molar-refractivity contribution in [2.45, 2.75) is 38.1 Å². The fourth-order valence-corrected chi connectivity index (χ4v) is 6.87. The molecule has 0 spiro atoms. The first kappa shape index (κ1) is 27.3. The van der Waals surface area contributed by atoms with Crippen molar-refractivity contribution in [3.8, 4) is 23.2 Å². The second-order valence-corrected chi connectivity index (χ2v) is 12.4. The molecule has 1 aromatic heterocycles. The lowest BCUT2D eigenvalue weighted by Gasteiger charge is -2.34. The summed E-state index contributed by atoms with van der Waals surface area (Å²) in [6, 6.07) is 17.7. The van der Waals surface area contributed by atoms with Gasteiger partial charge in [0.1, 0.15) is 11.3 Å². The standard InChI is InChI=1S/C33H34ClFN6O/c34-27-8-4-6-22-5-3-7-24(28(22)27)25-9-10-26-30(29(25)35)38-32(39-31(26)41-18-15-37-23(19-41)11-14-36)42-21-33(12-13-33)20-40-16-1-2-17-40/h3-10,23,37H,1-2,11-13,15-21H2. The molecule has 1 unspecified atom stereocenters. The van der Waals surface area contributed by atoms with Gasteiger partial charge in [0.05, 0.1) is 19.1 Å². The largest absolute Gasteiger partial charge is 0.463 e. The van der Waals surface area contributed by atoms with Gasteiger partial charge in [0.25, 0.3) is 0 Å². The maximum absolute atomic E-state index is 16.6. The first-order chi connectivity index (χ1) is 20.5. The molecular formula is C33H34ClFN6O. The van der Waals surface area contributed by atoms with Crippen LogP contribution in [0.3, 0.4) is 0 Å². The normalized spacial score (nSPS) is 20.2. The lowest BCUT2D eigenvalue weighted by molar-refractivity contribution is 0.170. The van der Waals surface area contributed by atoms with Crippen LogP contribution in [0.25, 0.3) is 32.8 Å². The monoisotopic (exact) mass is 584 g/mol. The first-order valence-corrected chi connectivity index (χ1v) is 15.3. The smallest absolute Gasteiger partial charge is 0.319 e. The third-order valence-electron chi connectivity index (χ3n) is 9.03. The van der Waals surface area contributed by atoms with Gasteiger partial charge in [-0.1, -0.05) is 48.0 Å². The minimum absolute atomic E-state index is 0.00951. The zero-order chi connectivity index (χ0) is 28.7. The zero-order valence-corrected chi connectivity index (χ0v) is 24.3. The summed E-state index contributed by atoms with van der Waals surface area (Å²) < 4.78 is 22.9. The van der Waals surface area contributed by atoms with Crippen LogP contribution in [0.1, 0.15) is 32.1 Å². The molecule has 3 fully saturated rings. The minimum Gasteiger partial charge on any atom is -0.463 e. The predicted octanol–water partition coefficient (Wildman–Crippen LogP) is 6.19. The van der Waals surface area contributed by atoms with Gasteiger partial charge in [-0.2, -0.15) is 15.2 Å². The van der Waals surface area contributed by atoms with E-state index < -0.39 is 5.82 Å². The van der Waals surface area contributed by atoms with E-state index in [1.54, 1.807) is 6.07 Å². The number of benzene rings is 3. The van der Waals surface area contributed by atoms with Gasteiger partial charge in [0.2, 0.25) is 0 Å². The summed E-state index contributed by atoms with van der Waals surface area (Å²) in [4.78, 5) is 14.2. The van der Waals surface area contributed by atoms with Crippen LogP contribution in [0.15, 0.2) is 48.5 Å². The third-order valence-corrected chi connectivity index (χ3v) is 9.34. The zero-order valence-electron chi connectivity index (χ0n) is 23.6. The number of anilines is 1. The number of nitriles is 1. The summed E-state index contributed by atoms with van der Waals surface area (Å²) in [5.41, 5.74) is 1.51. The Balaban J connectivity index is 1.29. The van der Waals surface area contributed by atoms with Crippen molar-refractivity contribution in [3.63, 3.8) is 0 Å². The van der Waals surface area contributed by atoms with E-state index in [4.69, 9.17) is 21.3 Å². The lowest BCUT2D eigenvalue weighted by Crippen LogP contribution is -2.51. The molecule has 1 atom stereocenters.